The lowest BCUT2D eigenvalue weighted by molar-refractivity contribution is -0.121. The third-order valence-corrected chi connectivity index (χ3v) is 3.41. The van der Waals surface area contributed by atoms with Crippen LogP contribution in [0.3, 0.4) is 0 Å². The number of hydrogen-bond acceptors (Lipinski definition) is 2. The topological polar surface area (TPSA) is 55.1 Å². The van der Waals surface area contributed by atoms with Gasteiger partial charge in [0.25, 0.3) is 0 Å². The van der Waals surface area contributed by atoms with Crippen molar-refractivity contribution >= 4 is 21.8 Å². The second kappa shape index (κ2) is 6.12. The maximum atomic E-state index is 13.3. The SMILES string of the molecule is CC(C)C(NCc1cccc(F)c1Br)C(N)=O. The summed E-state index contributed by atoms with van der Waals surface area (Å²) < 4.78 is 13.7. The third kappa shape index (κ3) is 3.78. The van der Waals surface area contributed by atoms with E-state index in [1.54, 1.807) is 12.1 Å². The highest BCUT2D eigenvalue weighted by Gasteiger charge is 2.19. The molecule has 3 N–H and O–H groups in total. The number of nitrogens with one attached hydrogen (secondary N) is 1. The molecule has 0 radical (unpaired) electrons. The van der Waals surface area contributed by atoms with E-state index in [1.165, 1.54) is 6.07 Å². The highest BCUT2D eigenvalue weighted by molar-refractivity contribution is 9.10. The summed E-state index contributed by atoms with van der Waals surface area (Å²) in [6.07, 6.45) is 0. The van der Waals surface area contributed by atoms with Gasteiger partial charge < -0.3 is 11.1 Å². The summed E-state index contributed by atoms with van der Waals surface area (Å²) >= 11 is 3.17. The zero-order chi connectivity index (χ0) is 13.0. The van der Waals surface area contributed by atoms with Crippen LogP contribution in [0.15, 0.2) is 22.7 Å². The maximum absolute atomic E-state index is 13.3. The molecular formula is C12H16BrFN2O. The van der Waals surface area contributed by atoms with E-state index in [1.807, 2.05) is 13.8 Å². The molecule has 1 amide bonds. The van der Waals surface area contributed by atoms with E-state index in [4.69, 9.17) is 5.73 Å². The van der Waals surface area contributed by atoms with Gasteiger partial charge in [-0.25, -0.2) is 4.39 Å². The maximum Gasteiger partial charge on any atom is 0.234 e. The quantitative estimate of drug-likeness (QED) is 0.876. The summed E-state index contributed by atoms with van der Waals surface area (Å²) in [5.41, 5.74) is 6.04. The van der Waals surface area contributed by atoms with Crippen LogP contribution in [0.25, 0.3) is 0 Å². The fourth-order valence-electron chi connectivity index (χ4n) is 1.57. The number of benzene rings is 1. The zero-order valence-electron chi connectivity index (χ0n) is 9.84. The van der Waals surface area contributed by atoms with E-state index in [9.17, 15) is 9.18 Å². The lowest BCUT2D eigenvalue weighted by atomic mass is 10.0. The molecule has 1 rings (SSSR count). The number of hydrogen-bond donors (Lipinski definition) is 2. The molecule has 0 aliphatic rings. The van der Waals surface area contributed by atoms with Gasteiger partial charge in [-0.3, -0.25) is 4.79 Å². The average Bonchev–Trinajstić information content (AvgIpc) is 2.23. The predicted octanol–water partition coefficient (Wildman–Crippen LogP) is 2.19. The summed E-state index contributed by atoms with van der Waals surface area (Å²) in [5, 5.41) is 3.03. The van der Waals surface area contributed by atoms with Crippen LogP contribution >= 0.6 is 15.9 Å². The molecule has 5 heteroatoms. The van der Waals surface area contributed by atoms with Crippen LogP contribution in [-0.4, -0.2) is 11.9 Å². The van der Waals surface area contributed by atoms with Crippen molar-refractivity contribution in [3.63, 3.8) is 0 Å². The molecule has 1 atom stereocenters. The molecule has 1 aromatic rings. The minimum Gasteiger partial charge on any atom is -0.368 e. The van der Waals surface area contributed by atoms with E-state index >= 15 is 0 Å². The normalized spacial score (nSPS) is 12.8. The number of amides is 1. The van der Waals surface area contributed by atoms with Gasteiger partial charge in [0.15, 0.2) is 0 Å². The second-order valence-corrected chi connectivity index (χ2v) is 5.01. The molecule has 94 valence electrons. The lowest BCUT2D eigenvalue weighted by Gasteiger charge is -2.19. The van der Waals surface area contributed by atoms with Gasteiger partial charge >= 0.3 is 0 Å². The summed E-state index contributed by atoms with van der Waals surface area (Å²) in [6, 6.07) is 4.39. The first-order chi connectivity index (χ1) is 7.93. The second-order valence-electron chi connectivity index (χ2n) is 4.22. The first kappa shape index (κ1) is 14.1. The predicted molar refractivity (Wildman–Crippen MR) is 68.8 cm³/mol. The third-order valence-electron chi connectivity index (χ3n) is 2.52. The molecule has 17 heavy (non-hydrogen) atoms. The summed E-state index contributed by atoms with van der Waals surface area (Å²) in [5.74, 6) is -0.614. The Morgan fingerprint density at radius 2 is 2.18 bits per heavy atom. The Balaban J connectivity index is 2.72. The van der Waals surface area contributed by atoms with Crippen molar-refractivity contribution in [3.8, 4) is 0 Å². The van der Waals surface area contributed by atoms with E-state index in [0.29, 0.717) is 11.0 Å². The molecule has 0 saturated carbocycles. The van der Waals surface area contributed by atoms with Crippen LogP contribution in [-0.2, 0) is 11.3 Å². The van der Waals surface area contributed by atoms with Crippen LogP contribution in [0.1, 0.15) is 19.4 Å². The fraction of sp³-hybridized carbons (Fsp3) is 0.417. The molecule has 1 unspecified atom stereocenters. The molecule has 1 aromatic carbocycles. The molecule has 0 bridgehead atoms. The van der Waals surface area contributed by atoms with Crippen molar-refractivity contribution in [2.24, 2.45) is 11.7 Å². The molecule has 0 fully saturated rings. The molecule has 3 nitrogen and oxygen atoms in total. The Morgan fingerprint density at radius 1 is 1.53 bits per heavy atom. The van der Waals surface area contributed by atoms with E-state index < -0.39 is 11.9 Å². The standard InChI is InChI=1S/C12H16BrFN2O/c1-7(2)11(12(15)17)16-6-8-4-3-5-9(14)10(8)13/h3-5,7,11,16H,6H2,1-2H3,(H2,15,17). The van der Waals surface area contributed by atoms with Crippen molar-refractivity contribution in [1.29, 1.82) is 0 Å². The van der Waals surface area contributed by atoms with Gasteiger partial charge in [0.2, 0.25) is 5.91 Å². The molecule has 0 aliphatic heterocycles. The highest BCUT2D eigenvalue weighted by atomic mass is 79.9. The fourth-order valence-corrected chi connectivity index (χ4v) is 1.97. The minimum absolute atomic E-state index is 0.0971. The number of nitrogens with two attached hydrogens (primary N) is 1. The van der Waals surface area contributed by atoms with Gasteiger partial charge in [0.1, 0.15) is 5.82 Å². The Labute approximate surface area is 109 Å². The largest absolute Gasteiger partial charge is 0.368 e. The van der Waals surface area contributed by atoms with Crippen LogP contribution in [0.2, 0.25) is 0 Å². The number of rotatable bonds is 5. The van der Waals surface area contributed by atoms with E-state index in [-0.39, 0.29) is 11.7 Å². The first-order valence-electron chi connectivity index (χ1n) is 5.39. The van der Waals surface area contributed by atoms with E-state index in [0.717, 1.165) is 5.56 Å². The van der Waals surface area contributed by atoms with Gasteiger partial charge in [-0.2, -0.15) is 0 Å². The van der Waals surface area contributed by atoms with Gasteiger partial charge in [-0.1, -0.05) is 26.0 Å². The van der Waals surface area contributed by atoms with Crippen molar-refractivity contribution in [1.82, 2.24) is 5.32 Å². The van der Waals surface area contributed by atoms with Crippen molar-refractivity contribution in [2.45, 2.75) is 26.4 Å². The van der Waals surface area contributed by atoms with Gasteiger partial charge in [0, 0.05) is 6.54 Å². The highest BCUT2D eigenvalue weighted by Crippen LogP contribution is 2.20. The molecule has 0 spiro atoms. The smallest absolute Gasteiger partial charge is 0.234 e. The first-order valence-corrected chi connectivity index (χ1v) is 6.18. The van der Waals surface area contributed by atoms with Gasteiger partial charge in [-0.15, -0.1) is 0 Å². The summed E-state index contributed by atoms with van der Waals surface area (Å²) in [4.78, 5) is 11.2. The number of carbonyl (C=O) groups is 1. The van der Waals surface area contributed by atoms with Crippen LogP contribution in [0.4, 0.5) is 4.39 Å². The van der Waals surface area contributed by atoms with Crippen molar-refractivity contribution in [3.05, 3.63) is 34.1 Å². The van der Waals surface area contributed by atoms with Crippen molar-refractivity contribution in [2.75, 3.05) is 0 Å². The number of halogens is 2. The Bertz CT molecular complexity index is 409. The summed E-state index contributed by atoms with van der Waals surface area (Å²) in [7, 11) is 0. The molecular weight excluding hydrogens is 287 g/mol. The summed E-state index contributed by atoms with van der Waals surface area (Å²) in [6.45, 7) is 4.20. The molecule has 0 aromatic heterocycles. The number of primary amides is 1. The van der Waals surface area contributed by atoms with Crippen LogP contribution in [0.5, 0.6) is 0 Å². The van der Waals surface area contributed by atoms with Crippen LogP contribution in [0, 0.1) is 11.7 Å². The molecule has 0 aliphatic carbocycles. The minimum atomic E-state index is -0.412. The van der Waals surface area contributed by atoms with Gasteiger partial charge in [0.05, 0.1) is 10.5 Å². The zero-order valence-corrected chi connectivity index (χ0v) is 11.4. The monoisotopic (exact) mass is 302 g/mol. The lowest BCUT2D eigenvalue weighted by Crippen LogP contribution is -2.44. The molecule has 0 heterocycles. The number of carbonyl (C=O) groups excluding carboxylic acids is 1. The van der Waals surface area contributed by atoms with Crippen molar-refractivity contribution < 1.29 is 9.18 Å². The molecule has 0 saturated heterocycles. The van der Waals surface area contributed by atoms with E-state index in [2.05, 4.69) is 21.2 Å². The van der Waals surface area contributed by atoms with Gasteiger partial charge in [-0.05, 0) is 33.5 Å². The average molecular weight is 303 g/mol. The Hall–Kier alpha value is -0.940. The Kier molecular flexibility index (Phi) is 5.08. The van der Waals surface area contributed by atoms with Crippen LogP contribution < -0.4 is 11.1 Å². The Morgan fingerprint density at radius 3 is 2.71 bits per heavy atom.